The third-order valence-corrected chi connectivity index (χ3v) is 4.14. The Labute approximate surface area is 117 Å². The van der Waals surface area contributed by atoms with Crippen LogP contribution in [0.15, 0.2) is 0 Å². The zero-order valence-corrected chi connectivity index (χ0v) is 12.2. The molecule has 0 spiro atoms. The number of anilines is 1. The first-order valence-electron chi connectivity index (χ1n) is 6.57. The van der Waals surface area contributed by atoms with Gasteiger partial charge in [0.15, 0.2) is 5.13 Å². The molecule has 5 nitrogen and oxygen atoms in total. The van der Waals surface area contributed by atoms with Gasteiger partial charge in [-0.15, -0.1) is 0 Å². The molecule has 1 aliphatic heterocycles. The number of hydrogen-bond donors (Lipinski definition) is 1. The first kappa shape index (κ1) is 14.4. The van der Waals surface area contributed by atoms with Gasteiger partial charge in [-0.1, -0.05) is 18.3 Å². The summed E-state index contributed by atoms with van der Waals surface area (Å²) in [6.07, 6.45) is 2.56. The summed E-state index contributed by atoms with van der Waals surface area (Å²) in [5.41, 5.74) is 1.07. The lowest BCUT2D eigenvalue weighted by Gasteiger charge is -2.09. The standard InChI is InChI=1S/C13H20N2O3S/c1-9(4-3-6-17-2)12(16)15-13-14-10-5-7-18-8-11(10)19-13/h9H,3-8H2,1-2H3,(H,14,15,16)/t9-/m0/s1. The largest absolute Gasteiger partial charge is 0.385 e. The molecule has 19 heavy (non-hydrogen) atoms. The number of carbonyl (C=O) groups excluding carboxylic acids is 1. The topological polar surface area (TPSA) is 60.5 Å². The van der Waals surface area contributed by atoms with Crippen molar-refractivity contribution in [3.8, 4) is 0 Å². The van der Waals surface area contributed by atoms with Gasteiger partial charge in [0.05, 0.1) is 23.8 Å². The summed E-state index contributed by atoms with van der Waals surface area (Å²) in [5.74, 6) is 0.00967. The molecule has 2 rings (SSSR count). The van der Waals surface area contributed by atoms with Crippen molar-refractivity contribution in [3.05, 3.63) is 10.6 Å². The molecule has 1 aliphatic rings. The first-order valence-corrected chi connectivity index (χ1v) is 7.38. The molecule has 0 radical (unpaired) electrons. The lowest BCUT2D eigenvalue weighted by Crippen LogP contribution is -2.20. The van der Waals surface area contributed by atoms with E-state index in [4.69, 9.17) is 9.47 Å². The van der Waals surface area contributed by atoms with Crippen LogP contribution in [-0.4, -0.2) is 31.2 Å². The Bertz CT molecular complexity index is 410. The van der Waals surface area contributed by atoms with Crippen LogP contribution in [0.1, 0.15) is 30.3 Å². The number of nitrogens with one attached hydrogen (secondary N) is 1. The molecular formula is C13H20N2O3S. The van der Waals surface area contributed by atoms with Gasteiger partial charge in [-0.05, 0) is 12.8 Å². The fourth-order valence-corrected chi connectivity index (χ4v) is 2.92. The second-order valence-corrected chi connectivity index (χ2v) is 5.80. The highest BCUT2D eigenvalue weighted by atomic mass is 32.1. The van der Waals surface area contributed by atoms with E-state index in [0.717, 1.165) is 36.4 Å². The molecule has 0 unspecified atom stereocenters. The quantitative estimate of drug-likeness (QED) is 0.814. The Morgan fingerprint density at radius 3 is 3.21 bits per heavy atom. The summed E-state index contributed by atoms with van der Waals surface area (Å²) < 4.78 is 10.4. The van der Waals surface area contributed by atoms with Crippen LogP contribution in [0.4, 0.5) is 5.13 Å². The number of hydrogen-bond acceptors (Lipinski definition) is 5. The lowest BCUT2D eigenvalue weighted by molar-refractivity contribution is -0.119. The minimum atomic E-state index is -0.0210. The van der Waals surface area contributed by atoms with E-state index in [1.807, 2.05) is 6.92 Å². The molecule has 1 aromatic rings. The van der Waals surface area contributed by atoms with E-state index in [1.165, 1.54) is 11.3 Å². The molecule has 1 N–H and O–H groups in total. The summed E-state index contributed by atoms with van der Waals surface area (Å²) in [7, 11) is 1.67. The van der Waals surface area contributed by atoms with E-state index in [-0.39, 0.29) is 11.8 Å². The van der Waals surface area contributed by atoms with Crippen LogP contribution < -0.4 is 5.32 Å². The normalized spacial score (nSPS) is 15.9. The van der Waals surface area contributed by atoms with Gasteiger partial charge in [0.2, 0.25) is 5.91 Å². The van der Waals surface area contributed by atoms with E-state index in [1.54, 1.807) is 7.11 Å². The molecular weight excluding hydrogens is 264 g/mol. The minimum absolute atomic E-state index is 0.0210. The fourth-order valence-electron chi connectivity index (χ4n) is 1.97. The Morgan fingerprint density at radius 2 is 2.47 bits per heavy atom. The molecule has 0 aliphatic carbocycles. The van der Waals surface area contributed by atoms with Crippen molar-refractivity contribution in [1.82, 2.24) is 4.98 Å². The van der Waals surface area contributed by atoms with Gasteiger partial charge < -0.3 is 14.8 Å². The predicted molar refractivity (Wildman–Crippen MR) is 74.4 cm³/mol. The molecule has 1 amide bonds. The zero-order valence-electron chi connectivity index (χ0n) is 11.4. The number of amides is 1. The number of methoxy groups -OCH3 is 1. The highest BCUT2D eigenvalue weighted by Gasteiger charge is 2.18. The second kappa shape index (κ2) is 6.98. The molecule has 1 atom stereocenters. The predicted octanol–water partition coefficient (Wildman–Crippen LogP) is 2.22. The van der Waals surface area contributed by atoms with Crippen molar-refractivity contribution < 1.29 is 14.3 Å². The van der Waals surface area contributed by atoms with Crippen LogP contribution in [0.5, 0.6) is 0 Å². The van der Waals surface area contributed by atoms with Crippen molar-refractivity contribution in [3.63, 3.8) is 0 Å². The first-order chi connectivity index (χ1) is 9.20. The smallest absolute Gasteiger partial charge is 0.228 e. The molecule has 0 saturated heterocycles. The van der Waals surface area contributed by atoms with Crippen molar-refractivity contribution >= 4 is 22.4 Å². The molecule has 0 fully saturated rings. The lowest BCUT2D eigenvalue weighted by atomic mass is 10.1. The van der Waals surface area contributed by atoms with Crippen molar-refractivity contribution in [2.24, 2.45) is 5.92 Å². The maximum Gasteiger partial charge on any atom is 0.228 e. The van der Waals surface area contributed by atoms with Gasteiger partial charge >= 0.3 is 0 Å². The van der Waals surface area contributed by atoms with Gasteiger partial charge in [0, 0.05) is 26.1 Å². The minimum Gasteiger partial charge on any atom is -0.385 e. The number of ether oxygens (including phenoxy) is 2. The molecule has 0 bridgehead atoms. The molecule has 106 valence electrons. The van der Waals surface area contributed by atoms with Crippen LogP contribution >= 0.6 is 11.3 Å². The monoisotopic (exact) mass is 284 g/mol. The van der Waals surface area contributed by atoms with Crippen LogP contribution in [-0.2, 0) is 27.3 Å². The van der Waals surface area contributed by atoms with E-state index in [0.29, 0.717) is 18.3 Å². The van der Waals surface area contributed by atoms with Crippen molar-refractivity contribution in [2.45, 2.75) is 32.8 Å². The summed E-state index contributed by atoms with van der Waals surface area (Å²) in [5, 5.41) is 3.59. The average Bonchev–Trinajstić information content (AvgIpc) is 2.80. The van der Waals surface area contributed by atoms with Gasteiger partial charge in [-0.25, -0.2) is 4.98 Å². The summed E-state index contributed by atoms with van der Waals surface area (Å²) in [4.78, 5) is 17.6. The van der Waals surface area contributed by atoms with E-state index in [2.05, 4.69) is 10.3 Å². The maximum absolute atomic E-state index is 12.0. The van der Waals surface area contributed by atoms with Crippen LogP contribution in [0.2, 0.25) is 0 Å². The number of thiazole rings is 1. The Hall–Kier alpha value is -0.980. The van der Waals surface area contributed by atoms with Gasteiger partial charge in [0.25, 0.3) is 0 Å². The van der Waals surface area contributed by atoms with Crippen LogP contribution in [0.25, 0.3) is 0 Å². The van der Waals surface area contributed by atoms with E-state index < -0.39 is 0 Å². The summed E-state index contributed by atoms with van der Waals surface area (Å²) in [6.45, 7) is 3.96. The second-order valence-electron chi connectivity index (χ2n) is 4.72. The van der Waals surface area contributed by atoms with Crippen molar-refractivity contribution in [2.75, 3.05) is 25.6 Å². The third kappa shape index (κ3) is 3.99. The number of fused-ring (bicyclic) bond motifs is 1. The number of carbonyl (C=O) groups is 1. The third-order valence-electron chi connectivity index (χ3n) is 3.16. The van der Waals surface area contributed by atoms with Crippen LogP contribution in [0.3, 0.4) is 0 Å². The number of nitrogens with zero attached hydrogens (tertiary/aromatic N) is 1. The van der Waals surface area contributed by atoms with Crippen LogP contribution in [0, 0.1) is 5.92 Å². The Balaban J connectivity index is 1.86. The van der Waals surface area contributed by atoms with E-state index >= 15 is 0 Å². The molecule has 0 aromatic carbocycles. The Kier molecular flexibility index (Phi) is 5.30. The van der Waals surface area contributed by atoms with Crippen molar-refractivity contribution in [1.29, 1.82) is 0 Å². The highest BCUT2D eigenvalue weighted by Crippen LogP contribution is 2.27. The van der Waals surface area contributed by atoms with Gasteiger partial charge in [0.1, 0.15) is 0 Å². The van der Waals surface area contributed by atoms with E-state index in [9.17, 15) is 4.79 Å². The SMILES string of the molecule is COCCC[C@H](C)C(=O)Nc1nc2c(s1)COCC2. The zero-order chi connectivity index (χ0) is 13.7. The fraction of sp³-hybridized carbons (Fsp3) is 0.692. The number of rotatable bonds is 6. The molecule has 0 saturated carbocycles. The number of aromatic nitrogens is 1. The summed E-state index contributed by atoms with van der Waals surface area (Å²) in [6, 6.07) is 0. The average molecular weight is 284 g/mol. The molecule has 6 heteroatoms. The Morgan fingerprint density at radius 1 is 1.63 bits per heavy atom. The summed E-state index contributed by atoms with van der Waals surface area (Å²) >= 11 is 1.52. The molecule has 2 heterocycles. The van der Waals surface area contributed by atoms with Gasteiger partial charge in [-0.2, -0.15) is 0 Å². The maximum atomic E-state index is 12.0. The molecule has 1 aromatic heterocycles. The highest BCUT2D eigenvalue weighted by molar-refractivity contribution is 7.15. The van der Waals surface area contributed by atoms with Gasteiger partial charge in [-0.3, -0.25) is 4.79 Å².